The molecule has 1 heterocycles. The van der Waals surface area contributed by atoms with Gasteiger partial charge in [0.1, 0.15) is 0 Å². The van der Waals surface area contributed by atoms with E-state index in [1.807, 2.05) is 18.5 Å². The van der Waals surface area contributed by atoms with Gasteiger partial charge in [-0.15, -0.1) is 0 Å². The van der Waals surface area contributed by atoms with Crippen molar-refractivity contribution in [2.75, 3.05) is 6.54 Å². The van der Waals surface area contributed by atoms with Crippen LogP contribution in [0, 0.1) is 6.92 Å². The van der Waals surface area contributed by atoms with Crippen LogP contribution >= 0.6 is 15.9 Å². The van der Waals surface area contributed by atoms with Crippen LogP contribution in [0.3, 0.4) is 0 Å². The number of pyridine rings is 1. The summed E-state index contributed by atoms with van der Waals surface area (Å²) in [4.78, 5) is 4.19. The average molecular weight is 319 g/mol. The third-order valence-electron chi connectivity index (χ3n) is 3.14. The Morgan fingerprint density at radius 3 is 2.79 bits per heavy atom. The fourth-order valence-corrected chi connectivity index (χ4v) is 2.98. The molecule has 2 nitrogen and oxygen atoms in total. The molecule has 0 fully saturated rings. The van der Waals surface area contributed by atoms with Crippen LogP contribution in [0.2, 0.25) is 0 Å². The Morgan fingerprint density at radius 2 is 2.16 bits per heavy atom. The van der Waals surface area contributed by atoms with Crippen molar-refractivity contribution in [3.63, 3.8) is 0 Å². The molecule has 0 saturated carbocycles. The van der Waals surface area contributed by atoms with E-state index in [-0.39, 0.29) is 0 Å². The molecule has 0 amide bonds. The monoisotopic (exact) mass is 318 g/mol. The third kappa shape index (κ3) is 3.88. The zero-order valence-electron chi connectivity index (χ0n) is 11.4. The largest absolute Gasteiger partial charge is 0.310 e. The Balaban J connectivity index is 2.24. The summed E-state index contributed by atoms with van der Waals surface area (Å²) >= 11 is 3.68. The summed E-state index contributed by atoms with van der Waals surface area (Å²) in [5.41, 5.74) is 3.82. The topological polar surface area (TPSA) is 24.9 Å². The predicted octanol–water partition coefficient (Wildman–Crippen LogP) is 4.05. The number of hydrogen-bond donors (Lipinski definition) is 1. The maximum atomic E-state index is 4.19. The summed E-state index contributed by atoms with van der Waals surface area (Å²) in [6.45, 7) is 5.20. The summed E-state index contributed by atoms with van der Waals surface area (Å²) < 4.78 is 1.17. The highest BCUT2D eigenvalue weighted by molar-refractivity contribution is 9.10. The summed E-state index contributed by atoms with van der Waals surface area (Å²) in [5, 5.41) is 3.55. The first kappa shape index (κ1) is 14.2. The summed E-state index contributed by atoms with van der Waals surface area (Å²) in [6, 6.07) is 10.9. The van der Waals surface area contributed by atoms with E-state index in [9.17, 15) is 0 Å². The first-order valence-corrected chi connectivity index (χ1v) is 7.38. The molecule has 1 atom stereocenters. The first-order valence-electron chi connectivity index (χ1n) is 6.59. The highest BCUT2D eigenvalue weighted by Gasteiger charge is 2.14. The Morgan fingerprint density at radius 1 is 1.32 bits per heavy atom. The van der Waals surface area contributed by atoms with Gasteiger partial charge in [-0.2, -0.15) is 0 Å². The lowest BCUT2D eigenvalue weighted by molar-refractivity contribution is 0.547. The van der Waals surface area contributed by atoms with E-state index in [4.69, 9.17) is 0 Å². The van der Waals surface area contributed by atoms with Gasteiger partial charge in [0, 0.05) is 22.9 Å². The second-order valence-corrected chi connectivity index (χ2v) is 5.55. The molecule has 0 aliphatic carbocycles. The number of aromatic nitrogens is 1. The minimum Gasteiger partial charge on any atom is -0.310 e. The number of nitrogens with one attached hydrogen (secondary N) is 1. The molecule has 0 aliphatic heterocycles. The van der Waals surface area contributed by atoms with Gasteiger partial charge in [0.15, 0.2) is 0 Å². The molecule has 19 heavy (non-hydrogen) atoms. The van der Waals surface area contributed by atoms with Gasteiger partial charge in [0.25, 0.3) is 0 Å². The quantitative estimate of drug-likeness (QED) is 0.899. The number of rotatable bonds is 5. The van der Waals surface area contributed by atoms with E-state index in [2.05, 4.69) is 64.3 Å². The first-order chi connectivity index (χ1) is 9.20. The molecule has 0 aliphatic rings. The Kier molecular flexibility index (Phi) is 5.11. The molecule has 0 bridgehead atoms. The number of hydrogen-bond acceptors (Lipinski definition) is 2. The molecule has 1 unspecified atom stereocenters. The Bertz CT molecular complexity index is 526. The molecule has 3 heteroatoms. The highest BCUT2D eigenvalue weighted by Crippen LogP contribution is 2.27. The van der Waals surface area contributed by atoms with Crippen molar-refractivity contribution in [3.8, 4) is 0 Å². The lowest BCUT2D eigenvalue weighted by Gasteiger charge is -2.20. The van der Waals surface area contributed by atoms with Gasteiger partial charge in [-0.25, -0.2) is 0 Å². The van der Waals surface area contributed by atoms with Crippen molar-refractivity contribution < 1.29 is 0 Å². The summed E-state index contributed by atoms with van der Waals surface area (Å²) in [7, 11) is 0. The minimum absolute atomic E-state index is 0.309. The molecule has 2 rings (SSSR count). The van der Waals surface area contributed by atoms with Crippen LogP contribution in [0.15, 0.2) is 47.2 Å². The molecular weight excluding hydrogens is 300 g/mol. The van der Waals surface area contributed by atoms with Gasteiger partial charge in [-0.3, -0.25) is 4.98 Å². The van der Waals surface area contributed by atoms with E-state index in [1.54, 1.807) is 0 Å². The third-order valence-corrected chi connectivity index (χ3v) is 3.83. The number of benzene rings is 1. The molecule has 0 saturated heterocycles. The van der Waals surface area contributed by atoms with Gasteiger partial charge in [0.2, 0.25) is 0 Å². The second kappa shape index (κ2) is 6.83. The molecule has 1 aromatic heterocycles. The van der Waals surface area contributed by atoms with E-state index in [1.165, 1.54) is 21.2 Å². The molecule has 1 aromatic carbocycles. The van der Waals surface area contributed by atoms with Crippen molar-refractivity contribution in [2.24, 2.45) is 0 Å². The SMILES string of the molecule is CCNC(Cc1cccnc1)c1ccc(C)cc1Br. The van der Waals surface area contributed by atoms with Crippen LogP contribution in [0.1, 0.15) is 29.7 Å². The van der Waals surface area contributed by atoms with Crippen LogP contribution in [0.5, 0.6) is 0 Å². The van der Waals surface area contributed by atoms with Crippen molar-refractivity contribution in [1.29, 1.82) is 0 Å². The molecule has 0 spiro atoms. The molecule has 2 aromatic rings. The van der Waals surface area contributed by atoms with Crippen molar-refractivity contribution in [3.05, 3.63) is 63.9 Å². The van der Waals surface area contributed by atoms with E-state index >= 15 is 0 Å². The minimum atomic E-state index is 0.309. The smallest absolute Gasteiger partial charge is 0.0372 e. The molecule has 1 N–H and O–H groups in total. The number of likely N-dealkylation sites (N-methyl/N-ethyl adjacent to an activating group) is 1. The number of halogens is 1. The van der Waals surface area contributed by atoms with Gasteiger partial charge in [-0.1, -0.05) is 41.1 Å². The fraction of sp³-hybridized carbons (Fsp3) is 0.312. The maximum absolute atomic E-state index is 4.19. The lowest BCUT2D eigenvalue weighted by atomic mass is 9.99. The van der Waals surface area contributed by atoms with Crippen molar-refractivity contribution in [1.82, 2.24) is 10.3 Å². The fourth-order valence-electron chi connectivity index (χ4n) is 2.21. The van der Waals surface area contributed by atoms with Crippen LogP contribution < -0.4 is 5.32 Å². The molecule has 0 radical (unpaired) electrons. The van der Waals surface area contributed by atoms with Gasteiger partial charge < -0.3 is 5.32 Å². The number of aryl methyl sites for hydroxylation is 1. The molecule has 100 valence electrons. The Labute approximate surface area is 123 Å². The van der Waals surface area contributed by atoms with Crippen LogP contribution in [0.25, 0.3) is 0 Å². The maximum Gasteiger partial charge on any atom is 0.0372 e. The molecular formula is C16H19BrN2. The average Bonchev–Trinajstić information content (AvgIpc) is 2.39. The zero-order chi connectivity index (χ0) is 13.7. The summed E-state index contributed by atoms with van der Waals surface area (Å²) in [6.07, 6.45) is 4.70. The standard InChI is InChI=1S/C16H19BrN2/c1-3-19-16(10-13-5-4-8-18-11-13)14-7-6-12(2)9-15(14)17/h4-9,11,16,19H,3,10H2,1-2H3. The Hall–Kier alpha value is -1.19. The number of nitrogens with zero attached hydrogens (tertiary/aromatic N) is 1. The van der Waals surface area contributed by atoms with Crippen LogP contribution in [0.4, 0.5) is 0 Å². The van der Waals surface area contributed by atoms with Crippen molar-refractivity contribution >= 4 is 15.9 Å². The normalized spacial score (nSPS) is 12.4. The van der Waals surface area contributed by atoms with E-state index in [0.717, 1.165) is 13.0 Å². The lowest BCUT2D eigenvalue weighted by Crippen LogP contribution is -2.23. The van der Waals surface area contributed by atoms with Crippen molar-refractivity contribution in [2.45, 2.75) is 26.3 Å². The summed E-state index contributed by atoms with van der Waals surface area (Å²) in [5.74, 6) is 0. The van der Waals surface area contributed by atoms with E-state index in [0.29, 0.717) is 6.04 Å². The van der Waals surface area contributed by atoms with Crippen LogP contribution in [-0.2, 0) is 6.42 Å². The van der Waals surface area contributed by atoms with Gasteiger partial charge in [-0.05, 0) is 48.7 Å². The van der Waals surface area contributed by atoms with Crippen LogP contribution in [-0.4, -0.2) is 11.5 Å². The van der Waals surface area contributed by atoms with E-state index < -0.39 is 0 Å². The zero-order valence-corrected chi connectivity index (χ0v) is 12.9. The highest BCUT2D eigenvalue weighted by atomic mass is 79.9. The second-order valence-electron chi connectivity index (χ2n) is 4.70. The van der Waals surface area contributed by atoms with Gasteiger partial charge >= 0.3 is 0 Å². The predicted molar refractivity (Wildman–Crippen MR) is 83.2 cm³/mol. The van der Waals surface area contributed by atoms with Gasteiger partial charge in [0.05, 0.1) is 0 Å².